The second kappa shape index (κ2) is 6.97. The molecule has 0 radical (unpaired) electrons. The minimum absolute atomic E-state index is 0.0630. The average molecular weight is 332 g/mol. The number of hydrogen-bond donors (Lipinski definition) is 2. The summed E-state index contributed by atoms with van der Waals surface area (Å²) < 4.78 is 0. The maximum atomic E-state index is 12.1. The number of carbonyl (C=O) groups is 3. The third-order valence-electron chi connectivity index (χ3n) is 3.76. The molecule has 0 unspecified atom stereocenters. The molecule has 0 aliphatic carbocycles. The van der Waals surface area contributed by atoms with E-state index >= 15 is 0 Å². The van der Waals surface area contributed by atoms with Crippen molar-refractivity contribution in [3.8, 4) is 0 Å². The average Bonchev–Trinajstić information content (AvgIpc) is 2.62. The molecule has 5 heteroatoms. The van der Waals surface area contributed by atoms with Crippen LogP contribution in [0.5, 0.6) is 0 Å². The van der Waals surface area contributed by atoms with Crippen LogP contribution in [0.25, 0.3) is 10.8 Å². The largest absolute Gasteiger partial charge is 0.318 e. The van der Waals surface area contributed by atoms with Crippen LogP contribution in [0.1, 0.15) is 17.3 Å². The number of amides is 2. The van der Waals surface area contributed by atoms with E-state index in [1.54, 1.807) is 30.3 Å². The minimum Gasteiger partial charge on any atom is -0.318 e. The van der Waals surface area contributed by atoms with Gasteiger partial charge in [-0.3, -0.25) is 14.4 Å². The Hall–Kier alpha value is -3.47. The molecule has 0 saturated heterocycles. The number of hydrogen-bond acceptors (Lipinski definition) is 3. The highest BCUT2D eigenvalue weighted by Crippen LogP contribution is 2.19. The quantitative estimate of drug-likeness (QED) is 0.568. The zero-order valence-electron chi connectivity index (χ0n) is 13.6. The first-order valence-corrected chi connectivity index (χ1v) is 7.75. The van der Waals surface area contributed by atoms with Crippen molar-refractivity contribution in [2.24, 2.45) is 0 Å². The molecule has 3 aromatic rings. The highest BCUT2D eigenvalue weighted by Gasteiger charge is 2.14. The van der Waals surface area contributed by atoms with E-state index < -0.39 is 11.8 Å². The summed E-state index contributed by atoms with van der Waals surface area (Å²) in [6.07, 6.45) is 0. The fraction of sp³-hybridized carbons (Fsp3) is 0.0500. The molecule has 0 fully saturated rings. The van der Waals surface area contributed by atoms with Gasteiger partial charge in [-0.1, -0.05) is 30.3 Å². The van der Waals surface area contributed by atoms with Crippen LogP contribution in [0, 0.1) is 0 Å². The van der Waals surface area contributed by atoms with E-state index in [-0.39, 0.29) is 5.78 Å². The molecule has 0 aliphatic rings. The molecule has 0 spiro atoms. The van der Waals surface area contributed by atoms with Crippen molar-refractivity contribution in [1.29, 1.82) is 0 Å². The van der Waals surface area contributed by atoms with Gasteiger partial charge in [-0.15, -0.1) is 0 Å². The lowest BCUT2D eigenvalue weighted by molar-refractivity contribution is -0.132. The Morgan fingerprint density at radius 1 is 0.680 bits per heavy atom. The Balaban J connectivity index is 1.67. The van der Waals surface area contributed by atoms with Gasteiger partial charge >= 0.3 is 11.8 Å². The Kier molecular flexibility index (Phi) is 4.57. The van der Waals surface area contributed by atoms with Crippen molar-refractivity contribution in [3.05, 3.63) is 72.3 Å². The number of ketones is 1. The number of benzene rings is 3. The van der Waals surface area contributed by atoms with Crippen molar-refractivity contribution in [3.63, 3.8) is 0 Å². The van der Waals surface area contributed by atoms with Crippen LogP contribution in [0.15, 0.2) is 66.7 Å². The number of anilines is 2. The molecule has 2 N–H and O–H groups in total. The number of fused-ring (bicyclic) bond motifs is 1. The van der Waals surface area contributed by atoms with Crippen molar-refractivity contribution in [1.82, 2.24) is 0 Å². The van der Waals surface area contributed by atoms with Gasteiger partial charge in [0.25, 0.3) is 0 Å². The number of nitrogens with one attached hydrogen (secondary N) is 2. The van der Waals surface area contributed by atoms with Crippen molar-refractivity contribution in [2.75, 3.05) is 10.6 Å². The van der Waals surface area contributed by atoms with Gasteiger partial charge in [-0.25, -0.2) is 0 Å². The van der Waals surface area contributed by atoms with Gasteiger partial charge < -0.3 is 10.6 Å². The molecule has 5 nitrogen and oxygen atoms in total. The summed E-state index contributed by atoms with van der Waals surface area (Å²) in [5, 5.41) is 7.11. The normalized spacial score (nSPS) is 10.3. The molecule has 2 amide bonds. The zero-order chi connectivity index (χ0) is 17.8. The van der Waals surface area contributed by atoms with Gasteiger partial charge in [0.1, 0.15) is 0 Å². The number of carbonyl (C=O) groups excluding carboxylic acids is 3. The van der Waals surface area contributed by atoms with Crippen LogP contribution in [-0.2, 0) is 9.59 Å². The van der Waals surface area contributed by atoms with E-state index in [9.17, 15) is 14.4 Å². The Bertz CT molecular complexity index is 962. The third kappa shape index (κ3) is 3.90. The lowest BCUT2D eigenvalue weighted by Gasteiger charge is -2.08. The third-order valence-corrected chi connectivity index (χ3v) is 3.76. The summed E-state index contributed by atoms with van der Waals surface area (Å²) in [4.78, 5) is 35.3. The highest BCUT2D eigenvalue weighted by atomic mass is 16.2. The van der Waals surface area contributed by atoms with E-state index in [1.807, 2.05) is 36.4 Å². The highest BCUT2D eigenvalue weighted by molar-refractivity contribution is 6.43. The maximum Gasteiger partial charge on any atom is 0.314 e. The Labute approximate surface area is 144 Å². The Morgan fingerprint density at radius 2 is 1.24 bits per heavy atom. The van der Waals surface area contributed by atoms with E-state index in [0.717, 1.165) is 10.8 Å². The van der Waals surface area contributed by atoms with Gasteiger partial charge in [-0.05, 0) is 54.1 Å². The summed E-state index contributed by atoms with van der Waals surface area (Å²) in [5.74, 6) is -1.60. The molecule has 3 rings (SSSR count). The SMILES string of the molecule is CC(=O)c1ccc(NC(=O)C(=O)Nc2ccc3ccccc3c2)cc1. The van der Waals surface area contributed by atoms with Crippen LogP contribution >= 0.6 is 0 Å². The van der Waals surface area contributed by atoms with E-state index in [2.05, 4.69) is 10.6 Å². The van der Waals surface area contributed by atoms with Gasteiger partial charge in [0, 0.05) is 16.9 Å². The van der Waals surface area contributed by atoms with Gasteiger partial charge in [0.2, 0.25) is 0 Å². The molecule has 0 heterocycles. The van der Waals surface area contributed by atoms with Crippen LogP contribution in [-0.4, -0.2) is 17.6 Å². The first-order chi connectivity index (χ1) is 12.0. The summed E-state index contributed by atoms with van der Waals surface area (Å²) in [6, 6.07) is 19.5. The summed E-state index contributed by atoms with van der Waals surface area (Å²) in [5.41, 5.74) is 1.54. The van der Waals surface area contributed by atoms with Crippen LogP contribution < -0.4 is 10.6 Å². The van der Waals surface area contributed by atoms with E-state index in [1.165, 1.54) is 6.92 Å². The monoisotopic (exact) mass is 332 g/mol. The van der Waals surface area contributed by atoms with Crippen molar-refractivity contribution < 1.29 is 14.4 Å². The molecule has 0 saturated carbocycles. The van der Waals surface area contributed by atoms with Crippen LogP contribution in [0.2, 0.25) is 0 Å². The lowest BCUT2D eigenvalue weighted by atomic mass is 10.1. The summed E-state index contributed by atoms with van der Waals surface area (Å²) in [6.45, 7) is 1.46. The lowest BCUT2D eigenvalue weighted by Crippen LogP contribution is -2.29. The van der Waals surface area contributed by atoms with Crippen LogP contribution in [0.3, 0.4) is 0 Å². The number of Topliss-reactive ketones (excluding diaryl/α,β-unsaturated/α-hetero) is 1. The molecule has 25 heavy (non-hydrogen) atoms. The number of rotatable bonds is 3. The molecule has 0 atom stereocenters. The molecular weight excluding hydrogens is 316 g/mol. The van der Waals surface area contributed by atoms with Gasteiger partial charge in [0.15, 0.2) is 5.78 Å². The van der Waals surface area contributed by atoms with Crippen molar-refractivity contribution >= 4 is 39.7 Å². The predicted molar refractivity (Wildman–Crippen MR) is 97.7 cm³/mol. The standard InChI is InChI=1S/C20H16N2O3/c1-13(23)14-6-9-17(10-7-14)21-19(24)20(25)22-18-11-8-15-4-2-3-5-16(15)12-18/h2-12H,1H3,(H,21,24)(H,22,25). The van der Waals surface area contributed by atoms with Crippen LogP contribution in [0.4, 0.5) is 11.4 Å². The topological polar surface area (TPSA) is 75.3 Å². The molecule has 0 aliphatic heterocycles. The second-order valence-corrected chi connectivity index (χ2v) is 5.60. The fourth-order valence-electron chi connectivity index (χ4n) is 2.43. The van der Waals surface area contributed by atoms with Gasteiger partial charge in [0.05, 0.1) is 0 Å². The predicted octanol–water partition coefficient (Wildman–Crippen LogP) is 3.62. The van der Waals surface area contributed by atoms with Crippen molar-refractivity contribution in [2.45, 2.75) is 6.92 Å². The molecule has 0 bridgehead atoms. The molecule has 3 aromatic carbocycles. The van der Waals surface area contributed by atoms with E-state index in [4.69, 9.17) is 0 Å². The fourth-order valence-corrected chi connectivity index (χ4v) is 2.43. The first-order valence-electron chi connectivity index (χ1n) is 7.75. The minimum atomic E-state index is -0.774. The summed E-state index contributed by atoms with van der Waals surface area (Å²) in [7, 11) is 0. The molecule has 124 valence electrons. The van der Waals surface area contributed by atoms with E-state index in [0.29, 0.717) is 16.9 Å². The molecule has 0 aromatic heterocycles. The summed E-state index contributed by atoms with van der Waals surface area (Å²) >= 11 is 0. The first kappa shape index (κ1) is 16.4. The maximum absolute atomic E-state index is 12.1. The smallest absolute Gasteiger partial charge is 0.314 e. The van der Waals surface area contributed by atoms with Gasteiger partial charge in [-0.2, -0.15) is 0 Å². The Morgan fingerprint density at radius 3 is 1.88 bits per heavy atom. The zero-order valence-corrected chi connectivity index (χ0v) is 13.6. The molecular formula is C20H16N2O3. The second-order valence-electron chi connectivity index (χ2n) is 5.60.